The average molecular weight is 913 g/mol. The van der Waals surface area contributed by atoms with Gasteiger partial charge in [-0.1, -0.05) is 24.3 Å². The predicted molar refractivity (Wildman–Crippen MR) is 211 cm³/mol. The molecule has 2 saturated heterocycles. The summed E-state index contributed by atoms with van der Waals surface area (Å²) < 4.78 is 9.33. The fourth-order valence-electron chi connectivity index (χ4n) is 11.3. The molecule has 2 N–H and O–H groups in total. The molecule has 3 fully saturated rings. The van der Waals surface area contributed by atoms with Crippen molar-refractivity contribution in [1.29, 1.82) is 0 Å². The average Bonchev–Trinajstić information content (AvgIpc) is 3.85. The minimum Gasteiger partial charge on any atom is -0.549 e. The molecule has 2 bridgehead atoms. The fourth-order valence-corrected chi connectivity index (χ4v) is 11.3. The summed E-state index contributed by atoms with van der Waals surface area (Å²) in [4.78, 5) is 44.8. The van der Waals surface area contributed by atoms with Crippen LogP contribution < -0.4 is 20.1 Å². The topological polar surface area (TPSA) is 191 Å². The number of rotatable bonds is 12. The van der Waals surface area contributed by atoms with Gasteiger partial charge in [-0.15, -0.1) is 0 Å². The number of nitrogens with zero attached hydrogens (tertiary/aromatic N) is 6. The summed E-state index contributed by atoms with van der Waals surface area (Å²) >= 11 is 0. The molecule has 0 unspecified atom stereocenters. The summed E-state index contributed by atoms with van der Waals surface area (Å²) in [5, 5.41) is 60.6. The number of likely N-dealkylation sites (tertiary alicyclic amines) is 1. The van der Waals surface area contributed by atoms with Crippen molar-refractivity contribution in [2.75, 3.05) is 91.6 Å². The Morgan fingerprint density at radius 3 is 1.97 bits per heavy atom. The number of carboxylic acid groups (broad SMARTS) is 3. The Morgan fingerprint density at radius 1 is 0.780 bits per heavy atom. The normalized spacial score (nSPS) is 27.8. The molecule has 1 saturated carbocycles. The molecule has 0 radical (unpaired) electrons. The van der Waals surface area contributed by atoms with E-state index in [0.717, 1.165) is 59.2 Å². The molecule has 4 atom stereocenters. The molecule has 4 heterocycles. The van der Waals surface area contributed by atoms with E-state index in [0.29, 0.717) is 76.9 Å². The first-order valence-corrected chi connectivity index (χ1v) is 21.0. The second kappa shape index (κ2) is 16.8. The number of piperidine rings is 1. The van der Waals surface area contributed by atoms with Crippen molar-refractivity contribution in [3.05, 3.63) is 58.8 Å². The zero-order valence-corrected chi connectivity index (χ0v) is 36.9. The second-order valence-electron chi connectivity index (χ2n) is 17.6. The molecular weight excluding hydrogens is 859 g/mol. The molecule has 3 aliphatic carbocycles. The summed E-state index contributed by atoms with van der Waals surface area (Å²) in [6.45, 7) is 5.16. The van der Waals surface area contributed by atoms with Crippen LogP contribution in [0.4, 0.5) is 0 Å². The molecule has 59 heavy (non-hydrogen) atoms. The first-order valence-electron chi connectivity index (χ1n) is 21.0. The van der Waals surface area contributed by atoms with Crippen LogP contribution in [-0.2, 0) is 39.2 Å². The number of aliphatic carboxylic acids is 3. The molecule has 3 aliphatic heterocycles. The number of carboxylic acids is 3. The van der Waals surface area contributed by atoms with Crippen molar-refractivity contribution in [2.24, 2.45) is 5.92 Å². The van der Waals surface area contributed by atoms with Gasteiger partial charge < -0.3 is 54.1 Å². The zero-order chi connectivity index (χ0) is 40.3. The maximum Gasteiger partial charge on any atom is 3.00 e. The van der Waals surface area contributed by atoms with E-state index in [2.05, 4.69) is 26.5 Å². The van der Waals surface area contributed by atoms with Gasteiger partial charge in [0.2, 0.25) is 0 Å². The van der Waals surface area contributed by atoms with Crippen LogP contribution in [-0.4, -0.2) is 186 Å². The van der Waals surface area contributed by atoms with Crippen molar-refractivity contribution in [3.8, 4) is 11.5 Å². The first-order chi connectivity index (χ1) is 27.9. The molecule has 312 valence electrons. The Kier molecular flexibility index (Phi) is 12.1. The number of carbonyl (C=O) groups excluding carboxylic acids is 3. The van der Waals surface area contributed by atoms with Gasteiger partial charge >= 0.3 is 25.8 Å². The number of para-hydroxylation sites is 1. The number of benzene rings is 2. The van der Waals surface area contributed by atoms with Crippen molar-refractivity contribution in [3.63, 3.8) is 0 Å². The number of hydrogen-bond donors (Lipinski definition) is 2. The Bertz CT molecular complexity index is 2060. The molecule has 16 heteroatoms. The van der Waals surface area contributed by atoms with Crippen molar-refractivity contribution < 1.29 is 44.7 Å². The molecule has 3 aromatic rings. The van der Waals surface area contributed by atoms with Gasteiger partial charge in [-0.3, -0.25) is 19.6 Å². The third-order valence-electron chi connectivity index (χ3n) is 14.2. The number of phenolic OH excluding ortho intramolecular Hbond substituents is 1. The monoisotopic (exact) mass is 912 g/mol. The Labute approximate surface area is 362 Å². The number of ether oxygens (including phenoxy) is 1. The maximum absolute atomic E-state index is 13.4. The number of fused-ring (bicyclic) bond motifs is 4. The molecule has 1 spiro atoms. The molecular formula is C43H53InN6O9. The van der Waals surface area contributed by atoms with Gasteiger partial charge in [0.05, 0.1) is 34.6 Å². The van der Waals surface area contributed by atoms with Crippen LogP contribution >= 0.6 is 0 Å². The van der Waals surface area contributed by atoms with E-state index in [1.165, 1.54) is 12.8 Å². The summed E-state index contributed by atoms with van der Waals surface area (Å²) in [7, 11) is 0. The molecule has 2 aromatic carbocycles. The van der Waals surface area contributed by atoms with E-state index in [1.54, 1.807) is 20.8 Å². The van der Waals surface area contributed by atoms with Crippen molar-refractivity contribution >= 4 is 54.7 Å². The van der Waals surface area contributed by atoms with Crippen LogP contribution in [0.5, 0.6) is 11.5 Å². The molecule has 9 rings (SSSR count). The van der Waals surface area contributed by atoms with Crippen molar-refractivity contribution in [1.82, 2.24) is 29.1 Å². The van der Waals surface area contributed by atoms with Gasteiger partial charge in [0.1, 0.15) is 0 Å². The number of aryl methyl sites for hydroxylation is 1. The van der Waals surface area contributed by atoms with Crippen LogP contribution in [0, 0.1) is 5.92 Å². The molecule has 6 aliphatic rings. The minimum atomic E-state index is -1.26. The van der Waals surface area contributed by atoms with E-state index in [4.69, 9.17) is 4.74 Å². The van der Waals surface area contributed by atoms with Crippen LogP contribution in [0.2, 0.25) is 0 Å². The molecule has 15 nitrogen and oxygen atoms in total. The Balaban J connectivity index is 0.00000484. The van der Waals surface area contributed by atoms with Gasteiger partial charge in [-0.05, 0) is 74.4 Å². The standard InChI is InChI=1S/C43H56N6O9.In/c50-33-9-8-29-22-34-43(57)23-31-30-4-1-2-5-32(30)49(39(31)41-42(43,38(29)40(33)58-41)10-13-48(34)24-28-6-7-28)12-3-11-44-14-16-45(25-35(51)52)18-20-47(27-37(55)56)21-19-46(17-15-44)26-36(53)54;/h1-2,4-5,8-9,28,34,41,50,57H,3,6-7,10-27H2,(H,51,52)(H,53,54)(H,55,56);/q;+3/p-3/t34-,41-,42-,43+;/m0./s1. The summed E-state index contributed by atoms with van der Waals surface area (Å²) in [6.07, 6.45) is 4.64. The van der Waals surface area contributed by atoms with Gasteiger partial charge in [0.15, 0.2) is 17.6 Å². The third kappa shape index (κ3) is 7.76. The third-order valence-corrected chi connectivity index (χ3v) is 14.2. The Hall–Kier alpha value is -3.38. The number of aromatic nitrogens is 1. The van der Waals surface area contributed by atoms with E-state index >= 15 is 0 Å². The first kappa shape index (κ1) is 42.3. The number of aliphatic hydroxyl groups is 1. The molecule has 1 aromatic heterocycles. The maximum atomic E-state index is 13.4. The Morgan fingerprint density at radius 2 is 1.37 bits per heavy atom. The smallest absolute Gasteiger partial charge is 0.549 e. The van der Waals surface area contributed by atoms with Crippen LogP contribution in [0.1, 0.15) is 54.2 Å². The van der Waals surface area contributed by atoms with Crippen LogP contribution in [0.15, 0.2) is 36.4 Å². The summed E-state index contributed by atoms with van der Waals surface area (Å²) in [5.41, 5.74) is 3.55. The van der Waals surface area contributed by atoms with E-state index < -0.39 is 35.0 Å². The number of aromatic hydroxyl groups is 1. The molecule has 0 amide bonds. The van der Waals surface area contributed by atoms with Crippen LogP contribution in [0.3, 0.4) is 0 Å². The number of hydrogen-bond acceptors (Lipinski definition) is 14. The van der Waals surface area contributed by atoms with Crippen molar-refractivity contribution in [2.45, 2.75) is 68.2 Å². The van der Waals surface area contributed by atoms with Gasteiger partial charge in [-0.25, -0.2) is 0 Å². The summed E-state index contributed by atoms with van der Waals surface area (Å²) in [6, 6.07) is 12.1. The zero-order valence-electron chi connectivity index (χ0n) is 33.6. The largest absolute Gasteiger partial charge is 3.00 e. The van der Waals surface area contributed by atoms with E-state index in [9.17, 15) is 39.9 Å². The van der Waals surface area contributed by atoms with Gasteiger partial charge in [-0.2, -0.15) is 0 Å². The minimum absolute atomic E-state index is 0. The van der Waals surface area contributed by atoms with E-state index in [-0.39, 0.29) is 70.4 Å². The predicted octanol–water partition coefficient (Wildman–Crippen LogP) is -2.47. The van der Waals surface area contributed by atoms with Crippen LogP contribution in [0.25, 0.3) is 10.9 Å². The van der Waals surface area contributed by atoms with E-state index in [1.807, 2.05) is 18.2 Å². The second-order valence-corrected chi connectivity index (χ2v) is 17.6. The SMILES string of the molecule is O=C([O-])CN1CCN(CCCn2c3c(c4ccccc42)C[C@@]2(O)[C@@H]4Cc5ccc(O)c6c5[C@@]2(CCN4CC2CC2)[C@H]3O6)CCN(CC(=O)[O-])CCN(CC(=O)[O-])CC1.[In+3]. The van der Waals surface area contributed by atoms with Gasteiger partial charge in [0, 0.05) is 114 Å². The summed E-state index contributed by atoms with van der Waals surface area (Å²) in [5.74, 6) is -2.39. The number of phenols is 1. The van der Waals surface area contributed by atoms with Gasteiger partial charge in [0.25, 0.3) is 0 Å². The fraction of sp³-hybridized carbons (Fsp3) is 0.605. The quantitative estimate of drug-likeness (QED) is 0.195. The number of carbonyl (C=O) groups is 3.